The van der Waals surface area contributed by atoms with E-state index in [2.05, 4.69) is 26.6 Å². The van der Waals surface area contributed by atoms with E-state index >= 15 is 0 Å². The van der Waals surface area contributed by atoms with Crippen molar-refractivity contribution in [3.8, 4) is 17.6 Å². The lowest BCUT2D eigenvalue weighted by molar-refractivity contribution is -0.139. The van der Waals surface area contributed by atoms with Gasteiger partial charge in [0.2, 0.25) is 0 Å². The number of nitrogens with zero attached hydrogens (tertiary/aromatic N) is 1. The lowest BCUT2D eigenvalue weighted by Gasteiger charge is -2.05. The Kier molecular flexibility index (Phi) is 5.96. The van der Waals surface area contributed by atoms with Crippen molar-refractivity contribution in [3.05, 3.63) is 29.8 Å². The molecule has 5 heteroatoms. The summed E-state index contributed by atoms with van der Waals surface area (Å²) in [5.74, 6) is 5.51. The summed E-state index contributed by atoms with van der Waals surface area (Å²) >= 11 is 0. The second kappa shape index (κ2) is 7.77. The molecular weight excluding hydrogens is 246 g/mol. The average Bonchev–Trinajstić information content (AvgIpc) is 2.41. The molecule has 0 N–H and O–H groups in total. The number of carbonyl (C=O) groups excluding carboxylic acids is 1. The Labute approximate surface area is 112 Å². The van der Waals surface area contributed by atoms with E-state index in [1.165, 1.54) is 14.2 Å². The first kappa shape index (κ1) is 14.6. The van der Waals surface area contributed by atoms with Gasteiger partial charge < -0.3 is 14.3 Å². The minimum Gasteiger partial charge on any atom is -0.468 e. The molecule has 1 aromatic carbocycles. The van der Waals surface area contributed by atoms with Crippen LogP contribution in [-0.2, 0) is 14.4 Å². The van der Waals surface area contributed by atoms with Gasteiger partial charge >= 0.3 is 11.9 Å². The summed E-state index contributed by atoms with van der Waals surface area (Å²) in [6.45, 7) is 1.90. The van der Waals surface area contributed by atoms with Gasteiger partial charge in [-0.25, -0.2) is 0 Å². The molecule has 0 atom stereocenters. The van der Waals surface area contributed by atoms with Crippen LogP contribution in [0.5, 0.6) is 5.75 Å². The Morgan fingerprint density at radius 1 is 1.32 bits per heavy atom. The predicted molar refractivity (Wildman–Crippen MR) is 70.7 cm³/mol. The van der Waals surface area contributed by atoms with E-state index < -0.39 is 5.97 Å². The van der Waals surface area contributed by atoms with Crippen LogP contribution < -0.4 is 4.74 Å². The molecule has 0 saturated heterocycles. The van der Waals surface area contributed by atoms with Crippen molar-refractivity contribution in [2.45, 2.75) is 13.3 Å². The molecule has 0 radical (unpaired) electrons. The zero-order chi connectivity index (χ0) is 14.1. The van der Waals surface area contributed by atoms with Crippen molar-refractivity contribution in [2.24, 2.45) is 5.16 Å². The second-order valence-corrected chi connectivity index (χ2v) is 3.50. The molecule has 0 aliphatic heterocycles. The van der Waals surface area contributed by atoms with Crippen molar-refractivity contribution >= 4 is 11.9 Å². The Morgan fingerprint density at radius 2 is 2.05 bits per heavy atom. The molecule has 19 heavy (non-hydrogen) atoms. The molecule has 0 heterocycles. The zero-order valence-electron chi connectivity index (χ0n) is 11.1. The molecule has 1 aromatic rings. The van der Waals surface area contributed by atoms with Crippen molar-refractivity contribution < 1.29 is 19.1 Å². The van der Waals surface area contributed by atoms with E-state index in [4.69, 9.17) is 4.74 Å². The third-order valence-electron chi connectivity index (χ3n) is 2.13. The van der Waals surface area contributed by atoms with Gasteiger partial charge in [0.05, 0.1) is 7.11 Å². The number of carbonyl (C=O) groups is 1. The number of oxime groups is 1. The predicted octanol–water partition coefficient (Wildman–Crippen LogP) is 1.90. The van der Waals surface area contributed by atoms with Gasteiger partial charge in [-0.1, -0.05) is 24.1 Å². The first-order chi connectivity index (χ1) is 9.17. The maximum absolute atomic E-state index is 10.9. The lowest BCUT2D eigenvalue weighted by atomic mass is 10.2. The van der Waals surface area contributed by atoms with Crippen LogP contribution in [0.2, 0.25) is 0 Å². The van der Waals surface area contributed by atoms with Gasteiger partial charge in [-0.3, -0.25) is 4.79 Å². The average molecular weight is 261 g/mol. The third kappa shape index (κ3) is 5.13. The number of para-hydroxylation sites is 1. The summed E-state index contributed by atoms with van der Waals surface area (Å²) in [4.78, 5) is 15.6. The molecule has 0 aliphatic rings. The van der Waals surface area contributed by atoms with Crippen LogP contribution in [0.25, 0.3) is 0 Å². The van der Waals surface area contributed by atoms with Crippen molar-refractivity contribution in [3.63, 3.8) is 0 Å². The number of hydrogen-bond acceptors (Lipinski definition) is 5. The van der Waals surface area contributed by atoms with Crippen LogP contribution in [-0.4, -0.2) is 26.1 Å². The first-order valence-electron chi connectivity index (χ1n) is 5.57. The Balaban J connectivity index is 2.77. The van der Waals surface area contributed by atoms with Gasteiger partial charge in [0.1, 0.15) is 19.3 Å². The molecular formula is C14H15NO4. The van der Waals surface area contributed by atoms with E-state index in [1.54, 1.807) is 6.07 Å². The molecule has 0 saturated carbocycles. The van der Waals surface area contributed by atoms with Gasteiger partial charge in [0.25, 0.3) is 0 Å². The largest absolute Gasteiger partial charge is 0.468 e. The number of hydrogen-bond donors (Lipinski definition) is 0. The van der Waals surface area contributed by atoms with Gasteiger partial charge in [0, 0.05) is 0 Å². The molecule has 0 spiro atoms. The molecule has 5 nitrogen and oxygen atoms in total. The summed E-state index contributed by atoms with van der Waals surface area (Å²) in [6.07, 6.45) is -0.0314. The Morgan fingerprint density at radius 3 is 2.68 bits per heavy atom. The van der Waals surface area contributed by atoms with E-state index in [0.29, 0.717) is 5.75 Å². The van der Waals surface area contributed by atoms with Gasteiger partial charge in [-0.15, -0.1) is 0 Å². The summed E-state index contributed by atoms with van der Waals surface area (Å²) in [6, 6.07) is 7.44. The summed E-state index contributed by atoms with van der Waals surface area (Å²) in [5, 5.41) is 3.65. The first-order valence-corrected chi connectivity index (χ1v) is 5.57. The van der Waals surface area contributed by atoms with Crippen LogP contribution in [0.4, 0.5) is 0 Å². The number of esters is 1. The highest BCUT2D eigenvalue weighted by atomic mass is 16.6. The second-order valence-electron chi connectivity index (χ2n) is 3.50. The molecule has 0 amide bonds. The fourth-order valence-corrected chi connectivity index (χ4v) is 1.19. The van der Waals surface area contributed by atoms with Gasteiger partial charge in [-0.2, -0.15) is 0 Å². The minimum atomic E-state index is -0.417. The highest BCUT2D eigenvalue weighted by Crippen LogP contribution is 2.16. The normalized spacial score (nSPS) is 10.2. The van der Waals surface area contributed by atoms with Gasteiger partial charge in [-0.05, 0) is 29.6 Å². The SMILES string of the molecule is CON=C(C#CCC(=O)OC)Oc1ccccc1C. The van der Waals surface area contributed by atoms with Gasteiger partial charge in [0.15, 0.2) is 0 Å². The highest BCUT2D eigenvalue weighted by molar-refractivity contribution is 5.95. The van der Waals surface area contributed by atoms with E-state index in [0.717, 1.165) is 5.56 Å². The number of benzene rings is 1. The molecule has 0 aliphatic carbocycles. The molecule has 0 fully saturated rings. The van der Waals surface area contributed by atoms with E-state index in [1.807, 2.05) is 25.1 Å². The standard InChI is InChI=1S/C14H15NO4/c1-11-7-4-5-8-12(11)19-13(15-18-3)9-6-10-14(16)17-2/h4-5,7-8H,10H2,1-3H3. The minimum absolute atomic E-state index is 0.0314. The van der Waals surface area contributed by atoms with Crippen LogP contribution >= 0.6 is 0 Å². The smallest absolute Gasteiger partial charge is 0.317 e. The van der Waals surface area contributed by atoms with Crippen molar-refractivity contribution in [2.75, 3.05) is 14.2 Å². The molecule has 100 valence electrons. The molecule has 1 rings (SSSR count). The third-order valence-corrected chi connectivity index (χ3v) is 2.13. The van der Waals surface area contributed by atoms with Crippen LogP contribution in [0.15, 0.2) is 29.4 Å². The number of methoxy groups -OCH3 is 1. The van der Waals surface area contributed by atoms with E-state index in [9.17, 15) is 4.79 Å². The Hall–Kier alpha value is -2.48. The summed E-state index contributed by atoms with van der Waals surface area (Å²) in [5.41, 5.74) is 0.945. The maximum atomic E-state index is 10.9. The van der Waals surface area contributed by atoms with E-state index in [-0.39, 0.29) is 12.3 Å². The Bertz CT molecular complexity index is 526. The maximum Gasteiger partial charge on any atom is 0.317 e. The topological polar surface area (TPSA) is 57.1 Å². The summed E-state index contributed by atoms with van der Waals surface area (Å²) < 4.78 is 9.98. The highest BCUT2D eigenvalue weighted by Gasteiger charge is 2.03. The quantitative estimate of drug-likeness (QED) is 0.274. The van der Waals surface area contributed by atoms with Crippen LogP contribution in [0.1, 0.15) is 12.0 Å². The lowest BCUT2D eigenvalue weighted by Crippen LogP contribution is -2.07. The van der Waals surface area contributed by atoms with Crippen molar-refractivity contribution in [1.29, 1.82) is 0 Å². The number of ether oxygens (including phenoxy) is 2. The zero-order valence-corrected chi connectivity index (χ0v) is 11.1. The fourth-order valence-electron chi connectivity index (χ4n) is 1.19. The molecule has 0 unspecified atom stereocenters. The van der Waals surface area contributed by atoms with Crippen LogP contribution in [0.3, 0.4) is 0 Å². The number of rotatable bonds is 3. The fraction of sp³-hybridized carbons (Fsp3) is 0.286. The van der Waals surface area contributed by atoms with Crippen molar-refractivity contribution in [1.82, 2.24) is 0 Å². The summed E-state index contributed by atoms with van der Waals surface area (Å²) in [7, 11) is 2.70. The molecule has 0 aromatic heterocycles. The van der Waals surface area contributed by atoms with Crippen LogP contribution in [0, 0.1) is 18.8 Å². The molecule has 0 bridgehead atoms. The monoisotopic (exact) mass is 261 g/mol. The number of aryl methyl sites for hydroxylation is 1.